The van der Waals surface area contributed by atoms with Gasteiger partial charge >= 0.3 is 5.97 Å². The maximum Gasteiger partial charge on any atom is 0.335 e. The highest BCUT2D eigenvalue weighted by Crippen LogP contribution is 2.19. The van der Waals surface area contributed by atoms with E-state index in [0.717, 1.165) is 0 Å². The maximum absolute atomic E-state index is 12.6. The fraction of sp³-hybridized carbons (Fsp3) is 0. The first-order chi connectivity index (χ1) is 10.4. The lowest BCUT2D eigenvalue weighted by Gasteiger charge is -2.11. The summed E-state index contributed by atoms with van der Waals surface area (Å²) in [5, 5.41) is 9.41. The Balaban J connectivity index is 2.88. The molecule has 2 N–H and O–H groups in total. The number of fused-ring (bicyclic) bond motifs is 1. The molecule has 2 rings (SSSR count). The molecule has 1 aromatic carbocycles. The molecule has 0 aliphatic heterocycles. The monoisotopic (exact) mass is 334 g/mol. The molecule has 0 saturated carbocycles. The highest BCUT2D eigenvalue weighted by molar-refractivity contribution is 7.71. The van der Waals surface area contributed by atoms with Crippen molar-refractivity contribution in [3.8, 4) is 0 Å². The van der Waals surface area contributed by atoms with Gasteiger partial charge in [0.2, 0.25) is 0 Å². The molecule has 0 fully saturated rings. The summed E-state index contributed by atoms with van der Waals surface area (Å²) in [6.07, 6.45) is 2.97. The Morgan fingerprint density at radius 2 is 2.14 bits per heavy atom. The molecule has 0 amide bonds. The molecule has 5 nitrogen and oxygen atoms in total. The molecule has 0 aliphatic rings. The number of aromatic nitrogens is 2. The van der Waals surface area contributed by atoms with Crippen LogP contribution in [0.4, 0.5) is 0 Å². The lowest BCUT2D eigenvalue weighted by molar-refractivity contribution is 0.0697. The molecule has 22 heavy (non-hydrogen) atoms. The van der Waals surface area contributed by atoms with Crippen LogP contribution in [0.3, 0.4) is 0 Å². The molecule has 0 radical (unpaired) electrons. The minimum absolute atomic E-state index is 0.0545. The average molecular weight is 335 g/mol. The van der Waals surface area contributed by atoms with Gasteiger partial charge in [0.05, 0.1) is 27.2 Å². The summed E-state index contributed by atoms with van der Waals surface area (Å²) in [6, 6.07) is 4.12. The van der Waals surface area contributed by atoms with Crippen LogP contribution in [0.5, 0.6) is 0 Å². The SMILES string of the molecule is C=C/C=C(\C(=C)Cl)n1c(=S)[nH]c2cc(C(=O)O)ccc2c1=O. The molecule has 112 valence electrons. The number of carbonyl (C=O) groups is 1. The Bertz CT molecular complexity index is 953. The quantitative estimate of drug-likeness (QED) is 0.662. The summed E-state index contributed by atoms with van der Waals surface area (Å²) < 4.78 is 1.27. The van der Waals surface area contributed by atoms with Gasteiger partial charge in [0.15, 0.2) is 4.77 Å². The largest absolute Gasteiger partial charge is 0.478 e. The van der Waals surface area contributed by atoms with Crippen molar-refractivity contribution < 1.29 is 9.90 Å². The second-order valence-corrected chi connectivity index (χ2v) is 5.17. The number of nitrogens with zero attached hydrogens (tertiary/aromatic N) is 1. The molecule has 7 heteroatoms. The van der Waals surface area contributed by atoms with Crippen LogP contribution in [0.15, 0.2) is 53.3 Å². The first-order valence-electron chi connectivity index (χ1n) is 6.07. The van der Waals surface area contributed by atoms with Crippen molar-refractivity contribution in [2.45, 2.75) is 0 Å². The summed E-state index contributed by atoms with van der Waals surface area (Å²) in [6.45, 7) is 7.16. The average Bonchev–Trinajstić information content (AvgIpc) is 2.45. The van der Waals surface area contributed by atoms with Crippen LogP contribution in [0.1, 0.15) is 10.4 Å². The Morgan fingerprint density at radius 1 is 1.45 bits per heavy atom. The van der Waals surface area contributed by atoms with Gasteiger partial charge in [0.25, 0.3) is 5.56 Å². The van der Waals surface area contributed by atoms with Crippen LogP contribution in [0.2, 0.25) is 0 Å². The topological polar surface area (TPSA) is 75.1 Å². The van der Waals surface area contributed by atoms with Gasteiger partial charge in [-0.25, -0.2) is 4.79 Å². The number of carboxylic acid groups (broad SMARTS) is 1. The Hall–Kier alpha value is -2.44. The zero-order valence-electron chi connectivity index (χ0n) is 11.3. The van der Waals surface area contributed by atoms with Crippen molar-refractivity contribution >= 4 is 46.4 Å². The first kappa shape index (κ1) is 15.9. The van der Waals surface area contributed by atoms with Crippen molar-refractivity contribution in [1.29, 1.82) is 0 Å². The smallest absolute Gasteiger partial charge is 0.335 e. The second-order valence-electron chi connectivity index (χ2n) is 4.33. The molecule has 0 saturated heterocycles. The standard InChI is InChI=1S/C15H11ClN2O3S/c1-3-4-12(8(2)16)18-13(19)10-6-5-9(14(20)21)7-11(10)17-15(18)22/h3-7H,1-2H2,(H,17,22)(H,20,21)/b12-4+. The normalized spacial score (nSPS) is 11.4. The van der Waals surface area contributed by atoms with Crippen LogP contribution < -0.4 is 5.56 Å². The van der Waals surface area contributed by atoms with E-state index in [1.807, 2.05) is 0 Å². The van der Waals surface area contributed by atoms with E-state index in [0.29, 0.717) is 11.2 Å². The lowest BCUT2D eigenvalue weighted by atomic mass is 10.1. The molecule has 0 bridgehead atoms. The number of aromatic carboxylic acids is 1. The summed E-state index contributed by atoms with van der Waals surface area (Å²) in [5.41, 5.74) is 0.265. The number of carboxylic acids is 1. The molecular weight excluding hydrogens is 324 g/mol. The zero-order chi connectivity index (χ0) is 16.4. The van der Waals surface area contributed by atoms with E-state index in [9.17, 15) is 9.59 Å². The number of halogens is 1. The van der Waals surface area contributed by atoms with Gasteiger partial charge in [-0.3, -0.25) is 9.36 Å². The van der Waals surface area contributed by atoms with Crippen molar-refractivity contribution in [2.75, 3.05) is 0 Å². The van der Waals surface area contributed by atoms with Crippen molar-refractivity contribution in [2.24, 2.45) is 0 Å². The minimum atomic E-state index is -1.09. The first-order valence-corrected chi connectivity index (χ1v) is 6.85. The predicted octanol–water partition coefficient (Wildman–Crippen LogP) is 3.54. The summed E-state index contributed by atoms with van der Waals surface area (Å²) in [4.78, 5) is 26.4. The van der Waals surface area contributed by atoms with Gasteiger partial charge in [0, 0.05) is 0 Å². The van der Waals surface area contributed by atoms with E-state index in [-0.39, 0.29) is 20.8 Å². The molecule has 0 aliphatic carbocycles. The van der Waals surface area contributed by atoms with Crippen LogP contribution in [0.25, 0.3) is 16.6 Å². The van der Waals surface area contributed by atoms with Crippen molar-refractivity contribution in [1.82, 2.24) is 9.55 Å². The number of hydrogen-bond donors (Lipinski definition) is 2. The molecule has 0 unspecified atom stereocenters. The van der Waals surface area contributed by atoms with E-state index in [2.05, 4.69) is 18.1 Å². The van der Waals surface area contributed by atoms with Gasteiger partial charge in [-0.1, -0.05) is 30.8 Å². The number of rotatable bonds is 4. The second kappa shape index (κ2) is 6.13. The molecule has 0 spiro atoms. The Kier molecular flexibility index (Phi) is 4.44. The van der Waals surface area contributed by atoms with Crippen LogP contribution >= 0.6 is 23.8 Å². The number of allylic oxidation sites excluding steroid dienone is 4. The zero-order valence-corrected chi connectivity index (χ0v) is 12.9. The third kappa shape index (κ3) is 2.79. The van der Waals surface area contributed by atoms with Crippen LogP contribution in [-0.2, 0) is 0 Å². The number of hydrogen-bond acceptors (Lipinski definition) is 3. The highest BCUT2D eigenvalue weighted by Gasteiger charge is 2.12. The molecule has 1 heterocycles. The summed E-state index contributed by atoms with van der Waals surface area (Å²) >= 11 is 11.1. The van der Waals surface area contributed by atoms with Gasteiger partial charge in [-0.15, -0.1) is 0 Å². The summed E-state index contributed by atoms with van der Waals surface area (Å²) in [5.74, 6) is -1.09. The highest BCUT2D eigenvalue weighted by atomic mass is 35.5. The predicted molar refractivity (Wildman–Crippen MR) is 89.8 cm³/mol. The van der Waals surface area contributed by atoms with Gasteiger partial charge in [0.1, 0.15) is 0 Å². The molecular formula is C15H11ClN2O3S. The number of aromatic amines is 1. The van der Waals surface area contributed by atoms with Gasteiger partial charge < -0.3 is 10.1 Å². The lowest BCUT2D eigenvalue weighted by Crippen LogP contribution is -2.22. The van der Waals surface area contributed by atoms with E-state index >= 15 is 0 Å². The fourth-order valence-electron chi connectivity index (χ4n) is 1.97. The van der Waals surface area contributed by atoms with Crippen LogP contribution in [-0.4, -0.2) is 20.6 Å². The Labute approximate surface area is 135 Å². The third-order valence-corrected chi connectivity index (χ3v) is 3.42. The molecule has 2 aromatic rings. The van der Waals surface area contributed by atoms with E-state index in [1.54, 1.807) is 0 Å². The van der Waals surface area contributed by atoms with Gasteiger partial charge in [-0.05, 0) is 36.5 Å². The third-order valence-electron chi connectivity index (χ3n) is 2.94. The number of benzene rings is 1. The van der Waals surface area contributed by atoms with Crippen molar-refractivity contribution in [3.05, 3.63) is 69.2 Å². The van der Waals surface area contributed by atoms with E-state index in [4.69, 9.17) is 28.9 Å². The number of nitrogens with one attached hydrogen (secondary N) is 1. The fourth-order valence-corrected chi connectivity index (χ4v) is 2.41. The molecule has 1 aromatic heterocycles. The maximum atomic E-state index is 12.6. The minimum Gasteiger partial charge on any atom is -0.478 e. The van der Waals surface area contributed by atoms with Gasteiger partial charge in [-0.2, -0.15) is 0 Å². The molecule has 0 atom stereocenters. The van der Waals surface area contributed by atoms with E-state index < -0.39 is 11.5 Å². The summed E-state index contributed by atoms with van der Waals surface area (Å²) in [7, 11) is 0. The van der Waals surface area contributed by atoms with E-state index in [1.165, 1.54) is 34.9 Å². The Morgan fingerprint density at radius 3 is 2.68 bits per heavy atom. The number of H-pyrrole nitrogens is 1. The van der Waals surface area contributed by atoms with Crippen molar-refractivity contribution in [3.63, 3.8) is 0 Å². The van der Waals surface area contributed by atoms with Crippen LogP contribution in [0, 0.1) is 4.77 Å².